The van der Waals surface area contributed by atoms with Crippen LogP contribution in [-0.2, 0) is 4.74 Å². The number of ether oxygens (including phenoxy) is 1. The zero-order chi connectivity index (χ0) is 15.7. The minimum absolute atomic E-state index is 0.0264. The monoisotopic (exact) mass is 322 g/mol. The maximum Gasteiger partial charge on any atom is 0.271 e. The molecular formula is C13H14N4O4S. The van der Waals surface area contributed by atoms with Gasteiger partial charge in [-0.1, -0.05) is 11.3 Å². The van der Waals surface area contributed by atoms with Crippen LogP contribution in [0.4, 0.5) is 0 Å². The van der Waals surface area contributed by atoms with Crippen molar-refractivity contribution in [1.82, 2.24) is 15.0 Å². The van der Waals surface area contributed by atoms with E-state index < -0.39 is 12.1 Å². The molecule has 0 spiro atoms. The van der Waals surface area contributed by atoms with Gasteiger partial charge in [-0.25, -0.2) is 4.68 Å². The predicted octanol–water partition coefficient (Wildman–Crippen LogP) is 0.339. The molecule has 0 bridgehead atoms. The van der Waals surface area contributed by atoms with E-state index in [1.807, 2.05) is 0 Å². The summed E-state index contributed by atoms with van der Waals surface area (Å²) in [5, 5.41) is 18.5. The fraction of sp³-hybridized carbons (Fsp3) is 0.385. The third kappa shape index (κ3) is 2.54. The highest BCUT2D eigenvalue weighted by molar-refractivity contribution is 7.12. The molecule has 3 N–H and O–H groups in total. The largest absolute Gasteiger partial charge is 0.394 e. The van der Waals surface area contributed by atoms with Crippen LogP contribution in [0.5, 0.6) is 0 Å². The number of ketones is 1. The zero-order valence-corrected chi connectivity index (χ0v) is 12.3. The van der Waals surface area contributed by atoms with Gasteiger partial charge in [-0.05, 0) is 24.3 Å². The SMILES string of the molecule is NC(=O)c1nnn([C@H]2CC[C@@H](CO)O2)c1C(=O)c1cccs1. The summed E-state index contributed by atoms with van der Waals surface area (Å²) < 4.78 is 6.90. The Kier molecular flexibility index (Phi) is 4.01. The summed E-state index contributed by atoms with van der Waals surface area (Å²) in [6, 6.07) is 3.39. The third-order valence-corrected chi connectivity index (χ3v) is 4.32. The second-order valence-corrected chi connectivity index (χ2v) is 5.82. The maximum absolute atomic E-state index is 12.6. The van der Waals surface area contributed by atoms with Crippen molar-refractivity contribution in [2.24, 2.45) is 5.73 Å². The van der Waals surface area contributed by atoms with Gasteiger partial charge < -0.3 is 15.6 Å². The molecule has 9 heteroatoms. The summed E-state index contributed by atoms with van der Waals surface area (Å²) in [6.07, 6.45) is 0.351. The standard InChI is InChI=1S/C13H14N4O4S/c14-13(20)10-11(12(19)8-2-1-5-22-8)17(16-15-10)9-4-3-7(6-18)21-9/h1-2,5,7,9,18H,3-4,6H2,(H2,14,20)/t7-,9+/m0/s1. The Hall–Kier alpha value is -2.10. The predicted molar refractivity (Wildman–Crippen MR) is 76.5 cm³/mol. The summed E-state index contributed by atoms with van der Waals surface area (Å²) in [4.78, 5) is 24.6. The second kappa shape index (κ2) is 5.95. The molecule has 0 unspecified atom stereocenters. The number of rotatable bonds is 5. The number of aliphatic hydroxyl groups excluding tert-OH is 1. The fourth-order valence-electron chi connectivity index (χ4n) is 2.40. The van der Waals surface area contributed by atoms with Crippen LogP contribution in [0.2, 0.25) is 0 Å². The molecular weight excluding hydrogens is 308 g/mol. The van der Waals surface area contributed by atoms with Crippen LogP contribution in [0.1, 0.15) is 44.9 Å². The number of aliphatic hydroxyl groups is 1. The van der Waals surface area contributed by atoms with Gasteiger partial charge in [0.05, 0.1) is 17.6 Å². The minimum atomic E-state index is -0.817. The first-order valence-electron chi connectivity index (χ1n) is 6.71. The number of carbonyl (C=O) groups is 2. The van der Waals surface area contributed by atoms with Gasteiger partial charge >= 0.3 is 0 Å². The molecule has 0 aliphatic carbocycles. The highest BCUT2D eigenvalue weighted by atomic mass is 32.1. The topological polar surface area (TPSA) is 120 Å². The molecule has 1 aliphatic heterocycles. The molecule has 1 amide bonds. The van der Waals surface area contributed by atoms with Crippen molar-refractivity contribution in [3.8, 4) is 0 Å². The average Bonchev–Trinajstić information content (AvgIpc) is 3.24. The quantitative estimate of drug-likeness (QED) is 0.766. The van der Waals surface area contributed by atoms with Crippen LogP contribution in [0.25, 0.3) is 0 Å². The second-order valence-electron chi connectivity index (χ2n) is 4.87. The molecule has 1 fully saturated rings. The van der Waals surface area contributed by atoms with Gasteiger partial charge in [0.15, 0.2) is 11.9 Å². The van der Waals surface area contributed by atoms with Crippen molar-refractivity contribution in [3.63, 3.8) is 0 Å². The lowest BCUT2D eigenvalue weighted by molar-refractivity contribution is -0.0297. The van der Waals surface area contributed by atoms with E-state index in [1.165, 1.54) is 16.0 Å². The van der Waals surface area contributed by atoms with Crippen molar-refractivity contribution in [2.75, 3.05) is 6.61 Å². The van der Waals surface area contributed by atoms with Crippen molar-refractivity contribution < 1.29 is 19.4 Å². The van der Waals surface area contributed by atoms with Gasteiger partial charge in [0.2, 0.25) is 5.78 Å². The first kappa shape index (κ1) is 14.8. The van der Waals surface area contributed by atoms with Crippen LogP contribution in [-0.4, -0.2) is 44.5 Å². The molecule has 2 aromatic heterocycles. The third-order valence-electron chi connectivity index (χ3n) is 3.45. The van der Waals surface area contributed by atoms with Crippen LogP contribution in [0.15, 0.2) is 17.5 Å². The minimum Gasteiger partial charge on any atom is -0.394 e. The van der Waals surface area contributed by atoms with Gasteiger partial charge in [-0.2, -0.15) is 0 Å². The summed E-state index contributed by atoms with van der Waals surface area (Å²) >= 11 is 1.25. The lowest BCUT2D eigenvalue weighted by Gasteiger charge is -2.14. The molecule has 116 valence electrons. The fourth-order valence-corrected chi connectivity index (χ4v) is 3.06. The molecule has 2 aromatic rings. The lowest BCUT2D eigenvalue weighted by atomic mass is 10.1. The number of hydrogen-bond donors (Lipinski definition) is 2. The zero-order valence-electron chi connectivity index (χ0n) is 11.5. The molecule has 8 nitrogen and oxygen atoms in total. The first-order chi connectivity index (χ1) is 10.6. The Morgan fingerprint density at radius 2 is 2.32 bits per heavy atom. The van der Waals surface area contributed by atoms with Crippen molar-refractivity contribution in [3.05, 3.63) is 33.8 Å². The Bertz CT molecular complexity index is 697. The van der Waals surface area contributed by atoms with Gasteiger partial charge in [-0.15, -0.1) is 16.4 Å². The van der Waals surface area contributed by atoms with Gasteiger partial charge in [0.25, 0.3) is 5.91 Å². The first-order valence-corrected chi connectivity index (χ1v) is 7.59. The van der Waals surface area contributed by atoms with E-state index in [-0.39, 0.29) is 29.9 Å². The molecule has 0 saturated carbocycles. The summed E-state index contributed by atoms with van der Waals surface area (Å²) in [7, 11) is 0. The van der Waals surface area contributed by atoms with Crippen molar-refractivity contribution >= 4 is 23.0 Å². The lowest BCUT2D eigenvalue weighted by Crippen LogP contribution is -2.22. The number of thiophene rings is 1. The number of nitrogens with zero attached hydrogens (tertiary/aromatic N) is 3. The van der Waals surface area contributed by atoms with Crippen molar-refractivity contribution in [2.45, 2.75) is 25.2 Å². The van der Waals surface area contributed by atoms with Crippen LogP contribution < -0.4 is 5.73 Å². The number of aromatic nitrogens is 3. The van der Waals surface area contributed by atoms with Crippen LogP contribution >= 0.6 is 11.3 Å². The molecule has 2 atom stereocenters. The Morgan fingerprint density at radius 3 is 2.91 bits per heavy atom. The maximum atomic E-state index is 12.6. The normalized spacial score (nSPS) is 21.1. The summed E-state index contributed by atoms with van der Waals surface area (Å²) in [6.45, 7) is -0.109. The Balaban J connectivity index is 2.01. The molecule has 22 heavy (non-hydrogen) atoms. The van der Waals surface area contributed by atoms with Gasteiger partial charge in [0, 0.05) is 0 Å². The molecule has 1 saturated heterocycles. The summed E-state index contributed by atoms with van der Waals surface area (Å²) in [5.74, 6) is -1.19. The van der Waals surface area contributed by atoms with Crippen molar-refractivity contribution in [1.29, 1.82) is 0 Å². The average molecular weight is 322 g/mol. The van der Waals surface area contributed by atoms with E-state index in [2.05, 4.69) is 10.3 Å². The van der Waals surface area contributed by atoms with Crippen LogP contribution in [0.3, 0.4) is 0 Å². The summed E-state index contributed by atoms with van der Waals surface area (Å²) in [5.41, 5.74) is 5.14. The number of carbonyl (C=O) groups excluding carboxylic acids is 2. The highest BCUT2D eigenvalue weighted by Crippen LogP contribution is 2.30. The van der Waals surface area contributed by atoms with E-state index >= 15 is 0 Å². The van der Waals surface area contributed by atoms with E-state index in [0.29, 0.717) is 17.7 Å². The molecule has 1 aliphatic rings. The van der Waals surface area contributed by atoms with E-state index in [0.717, 1.165) is 0 Å². The van der Waals surface area contributed by atoms with E-state index in [4.69, 9.17) is 15.6 Å². The number of amides is 1. The molecule has 0 radical (unpaired) electrons. The highest BCUT2D eigenvalue weighted by Gasteiger charge is 2.33. The van der Waals surface area contributed by atoms with E-state index in [9.17, 15) is 9.59 Å². The molecule has 3 rings (SSSR count). The molecule has 0 aromatic carbocycles. The molecule has 3 heterocycles. The smallest absolute Gasteiger partial charge is 0.271 e. The van der Waals surface area contributed by atoms with Crippen LogP contribution in [0, 0.1) is 0 Å². The number of nitrogens with two attached hydrogens (primary N) is 1. The van der Waals surface area contributed by atoms with Gasteiger partial charge in [-0.3, -0.25) is 9.59 Å². The Labute approximate surface area is 129 Å². The van der Waals surface area contributed by atoms with Gasteiger partial charge in [0.1, 0.15) is 5.69 Å². The van der Waals surface area contributed by atoms with E-state index in [1.54, 1.807) is 17.5 Å². The number of hydrogen-bond acceptors (Lipinski definition) is 7. The Morgan fingerprint density at radius 1 is 1.50 bits per heavy atom. The number of primary amides is 1.